The Kier molecular flexibility index (Phi) is 9.54. The molecule has 11 N–H and O–H groups in total. The standard InChI is InChI=1S/C18H32O16/c19-1-4-7(22)8(23)12(27)17(31-4)34-15-6(3-21)32-18(13(28)10(15)25)33-14-5(2-20)30-16(29)11(26)9(14)24/h4-29H,1-3H2/t4-,5-,6-,7-,8+,9-,10-,11-,12+,13-,14-,15-,16?,17+,18+/m1/s1. The summed E-state index contributed by atoms with van der Waals surface area (Å²) in [5, 5.41) is 109. The normalized spacial score (nSPS) is 52.5. The van der Waals surface area contributed by atoms with E-state index in [-0.39, 0.29) is 0 Å². The van der Waals surface area contributed by atoms with Gasteiger partial charge in [0.2, 0.25) is 0 Å². The van der Waals surface area contributed by atoms with E-state index in [0.29, 0.717) is 0 Å². The molecule has 16 nitrogen and oxygen atoms in total. The van der Waals surface area contributed by atoms with Gasteiger partial charge in [0, 0.05) is 0 Å². The van der Waals surface area contributed by atoms with Crippen LogP contribution in [0.25, 0.3) is 0 Å². The molecule has 0 spiro atoms. The smallest absolute Gasteiger partial charge is 0.187 e. The first kappa shape index (κ1) is 27.9. The Labute approximate surface area is 192 Å². The van der Waals surface area contributed by atoms with Gasteiger partial charge in [0.25, 0.3) is 0 Å². The molecule has 3 heterocycles. The molecule has 0 aromatic rings. The Bertz CT molecular complexity index is 635. The fourth-order valence-corrected chi connectivity index (χ4v) is 4.06. The Morgan fingerprint density at radius 1 is 0.441 bits per heavy atom. The van der Waals surface area contributed by atoms with Crippen LogP contribution in [0.3, 0.4) is 0 Å². The van der Waals surface area contributed by atoms with E-state index in [4.69, 9.17) is 23.7 Å². The minimum absolute atomic E-state index is 0.741. The molecule has 3 saturated heterocycles. The van der Waals surface area contributed by atoms with Crippen LogP contribution in [-0.4, -0.2) is 168 Å². The highest BCUT2D eigenvalue weighted by atomic mass is 16.8. The Hall–Kier alpha value is -0.640. The first-order valence-electron chi connectivity index (χ1n) is 10.6. The number of rotatable bonds is 7. The van der Waals surface area contributed by atoms with Crippen LogP contribution in [0.4, 0.5) is 0 Å². The monoisotopic (exact) mass is 504 g/mol. The van der Waals surface area contributed by atoms with Gasteiger partial charge in [-0.25, -0.2) is 0 Å². The molecule has 3 aliphatic rings. The molecule has 0 bridgehead atoms. The lowest BCUT2D eigenvalue weighted by Gasteiger charge is -2.47. The molecule has 0 amide bonds. The van der Waals surface area contributed by atoms with Crippen LogP contribution in [0.2, 0.25) is 0 Å². The molecule has 200 valence electrons. The van der Waals surface area contributed by atoms with Crippen molar-refractivity contribution in [2.45, 2.75) is 92.1 Å². The molecule has 3 fully saturated rings. The molecule has 34 heavy (non-hydrogen) atoms. The molecule has 15 atom stereocenters. The lowest BCUT2D eigenvalue weighted by Crippen LogP contribution is -2.66. The number of ether oxygens (including phenoxy) is 5. The van der Waals surface area contributed by atoms with Crippen molar-refractivity contribution < 1.29 is 79.9 Å². The van der Waals surface area contributed by atoms with Gasteiger partial charge >= 0.3 is 0 Å². The van der Waals surface area contributed by atoms with Gasteiger partial charge in [-0.3, -0.25) is 0 Å². The van der Waals surface area contributed by atoms with E-state index < -0.39 is 112 Å². The summed E-state index contributed by atoms with van der Waals surface area (Å²) in [6.45, 7) is -2.32. The third-order valence-corrected chi connectivity index (χ3v) is 6.09. The van der Waals surface area contributed by atoms with Crippen LogP contribution in [0.1, 0.15) is 0 Å². The van der Waals surface area contributed by atoms with Crippen LogP contribution in [-0.2, 0) is 23.7 Å². The Morgan fingerprint density at radius 3 is 1.35 bits per heavy atom. The highest BCUT2D eigenvalue weighted by Crippen LogP contribution is 2.32. The third kappa shape index (κ3) is 5.37. The van der Waals surface area contributed by atoms with E-state index in [1.165, 1.54) is 0 Å². The molecule has 0 radical (unpaired) electrons. The summed E-state index contributed by atoms with van der Waals surface area (Å²) < 4.78 is 26.4. The molecule has 0 aliphatic carbocycles. The van der Waals surface area contributed by atoms with Crippen molar-refractivity contribution in [2.24, 2.45) is 0 Å². The molecule has 0 saturated carbocycles. The van der Waals surface area contributed by atoms with Gasteiger partial charge in [-0.2, -0.15) is 0 Å². The zero-order valence-electron chi connectivity index (χ0n) is 17.7. The Morgan fingerprint density at radius 2 is 0.853 bits per heavy atom. The third-order valence-electron chi connectivity index (χ3n) is 6.09. The summed E-state index contributed by atoms with van der Waals surface area (Å²) in [6.07, 6.45) is -25.1. The summed E-state index contributed by atoms with van der Waals surface area (Å²) >= 11 is 0. The van der Waals surface area contributed by atoms with Crippen molar-refractivity contribution in [2.75, 3.05) is 19.8 Å². The Balaban J connectivity index is 1.72. The molecule has 16 heteroatoms. The average molecular weight is 504 g/mol. The predicted octanol–water partition coefficient (Wildman–Crippen LogP) is -7.57. The van der Waals surface area contributed by atoms with Gasteiger partial charge in [-0.1, -0.05) is 0 Å². The van der Waals surface area contributed by atoms with Crippen molar-refractivity contribution in [1.82, 2.24) is 0 Å². The van der Waals surface area contributed by atoms with Gasteiger partial charge in [0.05, 0.1) is 19.8 Å². The van der Waals surface area contributed by atoms with Crippen LogP contribution in [0, 0.1) is 0 Å². The lowest BCUT2D eigenvalue weighted by molar-refractivity contribution is -0.377. The van der Waals surface area contributed by atoms with E-state index in [2.05, 4.69) is 0 Å². The molecule has 3 rings (SSSR count). The number of hydrogen-bond donors (Lipinski definition) is 11. The second-order valence-corrected chi connectivity index (χ2v) is 8.33. The summed E-state index contributed by atoms with van der Waals surface area (Å²) in [7, 11) is 0. The fraction of sp³-hybridized carbons (Fsp3) is 1.00. The number of aliphatic hydroxyl groups is 11. The first-order chi connectivity index (χ1) is 16.0. The van der Waals surface area contributed by atoms with E-state index in [0.717, 1.165) is 0 Å². The van der Waals surface area contributed by atoms with Crippen LogP contribution in [0.15, 0.2) is 0 Å². The van der Waals surface area contributed by atoms with Gasteiger partial charge in [0.15, 0.2) is 18.9 Å². The molecular formula is C18H32O16. The fourth-order valence-electron chi connectivity index (χ4n) is 4.06. The van der Waals surface area contributed by atoms with Gasteiger partial charge in [-0.15, -0.1) is 0 Å². The highest BCUT2D eigenvalue weighted by Gasteiger charge is 2.53. The van der Waals surface area contributed by atoms with Crippen molar-refractivity contribution in [1.29, 1.82) is 0 Å². The molecule has 3 aliphatic heterocycles. The number of aliphatic hydroxyl groups excluding tert-OH is 11. The molecule has 0 aromatic heterocycles. The maximum atomic E-state index is 10.6. The second kappa shape index (κ2) is 11.6. The van der Waals surface area contributed by atoms with Crippen LogP contribution < -0.4 is 0 Å². The average Bonchev–Trinajstić information content (AvgIpc) is 2.83. The maximum absolute atomic E-state index is 10.6. The largest absolute Gasteiger partial charge is 0.394 e. The summed E-state index contributed by atoms with van der Waals surface area (Å²) in [5.74, 6) is 0. The summed E-state index contributed by atoms with van der Waals surface area (Å²) in [5.41, 5.74) is 0. The zero-order valence-corrected chi connectivity index (χ0v) is 17.7. The highest BCUT2D eigenvalue weighted by molar-refractivity contribution is 4.96. The van der Waals surface area contributed by atoms with Crippen LogP contribution in [0.5, 0.6) is 0 Å². The summed E-state index contributed by atoms with van der Waals surface area (Å²) in [4.78, 5) is 0. The quantitative estimate of drug-likeness (QED) is 0.154. The predicted molar refractivity (Wildman–Crippen MR) is 101 cm³/mol. The van der Waals surface area contributed by atoms with Crippen molar-refractivity contribution in [3.05, 3.63) is 0 Å². The van der Waals surface area contributed by atoms with Crippen LogP contribution >= 0.6 is 0 Å². The van der Waals surface area contributed by atoms with Gasteiger partial charge in [-0.05, 0) is 0 Å². The minimum atomic E-state index is -1.91. The molecule has 0 aromatic carbocycles. The van der Waals surface area contributed by atoms with Gasteiger partial charge in [0.1, 0.15) is 73.2 Å². The number of hydrogen-bond acceptors (Lipinski definition) is 16. The van der Waals surface area contributed by atoms with E-state index in [1.54, 1.807) is 0 Å². The van der Waals surface area contributed by atoms with Crippen molar-refractivity contribution >= 4 is 0 Å². The topological polar surface area (TPSA) is 269 Å². The zero-order chi connectivity index (χ0) is 25.3. The van der Waals surface area contributed by atoms with Crippen molar-refractivity contribution in [3.63, 3.8) is 0 Å². The first-order valence-corrected chi connectivity index (χ1v) is 10.6. The summed E-state index contributed by atoms with van der Waals surface area (Å²) in [6, 6.07) is 0. The van der Waals surface area contributed by atoms with E-state index in [1.807, 2.05) is 0 Å². The SMILES string of the molecule is OC[C@H]1O[C@@H](O[C@H]2[C@H](O)[C@@H](O)[C@H](O[C@H]3[C@H](O)[C@@H](O)C(O)O[C@@H]3CO)O[C@@H]2CO)[C@@H](O)[C@@H](O)[C@@H]1O. The molecular weight excluding hydrogens is 472 g/mol. The van der Waals surface area contributed by atoms with E-state index >= 15 is 0 Å². The molecule has 1 unspecified atom stereocenters. The van der Waals surface area contributed by atoms with E-state index in [9.17, 15) is 56.2 Å². The lowest BCUT2D eigenvalue weighted by atomic mass is 9.96. The minimum Gasteiger partial charge on any atom is -0.394 e. The van der Waals surface area contributed by atoms with Gasteiger partial charge < -0.3 is 79.9 Å². The van der Waals surface area contributed by atoms with Crippen molar-refractivity contribution in [3.8, 4) is 0 Å². The second-order valence-electron chi connectivity index (χ2n) is 8.33. The maximum Gasteiger partial charge on any atom is 0.187 e.